The Labute approximate surface area is 139 Å². The number of likely N-dealkylation sites (N-methyl/N-ethyl adjacent to an activating group) is 1. The topological polar surface area (TPSA) is 32.8 Å². The molecule has 0 aliphatic carbocycles. The van der Waals surface area contributed by atoms with E-state index in [1.165, 1.54) is 5.56 Å². The molecule has 1 aromatic carbocycles. The fraction of sp³-hybridized carbons (Fsp3) is 0.526. The number of hydrogen-bond donors (Lipinski definition) is 0. The van der Waals surface area contributed by atoms with Gasteiger partial charge in [-0.05, 0) is 50.9 Å². The minimum absolute atomic E-state index is 0.191. The summed E-state index contributed by atoms with van der Waals surface area (Å²) in [6.07, 6.45) is 2.24. The molecule has 1 unspecified atom stereocenters. The fourth-order valence-electron chi connectivity index (χ4n) is 3.19. The summed E-state index contributed by atoms with van der Waals surface area (Å²) < 4.78 is 5.22. The van der Waals surface area contributed by atoms with Gasteiger partial charge in [-0.3, -0.25) is 9.69 Å². The number of amides is 1. The van der Waals surface area contributed by atoms with Crippen LogP contribution >= 0.6 is 0 Å². The normalized spacial score (nSPS) is 18.0. The van der Waals surface area contributed by atoms with Gasteiger partial charge in [0.1, 0.15) is 5.75 Å². The van der Waals surface area contributed by atoms with Crippen molar-refractivity contribution in [2.45, 2.75) is 32.7 Å². The van der Waals surface area contributed by atoms with Crippen LogP contribution in [0.2, 0.25) is 0 Å². The predicted molar refractivity (Wildman–Crippen MR) is 93.6 cm³/mol. The van der Waals surface area contributed by atoms with Crippen molar-refractivity contribution in [2.24, 2.45) is 0 Å². The second-order valence-corrected chi connectivity index (χ2v) is 6.27. The van der Waals surface area contributed by atoms with Gasteiger partial charge in [0.25, 0.3) is 0 Å². The zero-order valence-electron chi connectivity index (χ0n) is 14.5. The third-order valence-corrected chi connectivity index (χ3v) is 4.40. The van der Waals surface area contributed by atoms with E-state index in [0.29, 0.717) is 19.1 Å². The van der Waals surface area contributed by atoms with Crippen LogP contribution in [0.4, 0.5) is 0 Å². The Morgan fingerprint density at radius 1 is 1.39 bits per heavy atom. The first-order valence-electron chi connectivity index (χ1n) is 8.35. The first-order chi connectivity index (χ1) is 11.0. The third-order valence-electron chi connectivity index (χ3n) is 4.40. The SMILES string of the molecule is C=C(C)CN(CC)C(=O)CN1CCCC1c1ccc(OC)cc1. The van der Waals surface area contributed by atoms with Gasteiger partial charge in [-0.2, -0.15) is 0 Å². The first kappa shape index (κ1) is 17.5. The second kappa shape index (κ2) is 8.16. The van der Waals surface area contributed by atoms with E-state index in [9.17, 15) is 4.79 Å². The van der Waals surface area contributed by atoms with Crippen LogP contribution in [0.1, 0.15) is 38.3 Å². The number of likely N-dealkylation sites (tertiary alicyclic amines) is 1. The van der Waals surface area contributed by atoms with E-state index in [-0.39, 0.29) is 5.91 Å². The van der Waals surface area contributed by atoms with Crippen molar-refractivity contribution in [1.82, 2.24) is 9.80 Å². The lowest BCUT2D eigenvalue weighted by molar-refractivity contribution is -0.132. The first-order valence-corrected chi connectivity index (χ1v) is 8.35. The van der Waals surface area contributed by atoms with Crippen molar-refractivity contribution < 1.29 is 9.53 Å². The molecule has 4 heteroatoms. The average Bonchev–Trinajstić information content (AvgIpc) is 3.00. The van der Waals surface area contributed by atoms with E-state index >= 15 is 0 Å². The average molecular weight is 316 g/mol. The number of carbonyl (C=O) groups excluding carboxylic acids is 1. The molecule has 1 aliphatic rings. The molecule has 0 bridgehead atoms. The van der Waals surface area contributed by atoms with Crippen LogP contribution in [0.3, 0.4) is 0 Å². The molecular formula is C19H28N2O2. The Bertz CT molecular complexity index is 539. The molecule has 1 saturated heterocycles. The number of carbonyl (C=O) groups is 1. The zero-order valence-corrected chi connectivity index (χ0v) is 14.5. The van der Waals surface area contributed by atoms with Gasteiger partial charge in [-0.15, -0.1) is 0 Å². The van der Waals surface area contributed by atoms with Gasteiger partial charge >= 0.3 is 0 Å². The predicted octanol–water partition coefficient (Wildman–Crippen LogP) is 3.26. The number of benzene rings is 1. The summed E-state index contributed by atoms with van der Waals surface area (Å²) >= 11 is 0. The molecule has 1 heterocycles. The fourth-order valence-corrected chi connectivity index (χ4v) is 3.19. The minimum atomic E-state index is 0.191. The maximum Gasteiger partial charge on any atom is 0.237 e. The van der Waals surface area contributed by atoms with Gasteiger partial charge in [0, 0.05) is 19.1 Å². The summed E-state index contributed by atoms with van der Waals surface area (Å²) in [5.41, 5.74) is 2.28. The van der Waals surface area contributed by atoms with Crippen LogP contribution in [-0.2, 0) is 4.79 Å². The van der Waals surface area contributed by atoms with Crippen molar-refractivity contribution in [3.8, 4) is 5.75 Å². The quantitative estimate of drug-likeness (QED) is 0.724. The highest BCUT2D eigenvalue weighted by molar-refractivity contribution is 5.78. The Morgan fingerprint density at radius 3 is 2.65 bits per heavy atom. The number of hydrogen-bond acceptors (Lipinski definition) is 3. The van der Waals surface area contributed by atoms with Crippen molar-refractivity contribution >= 4 is 5.91 Å². The molecule has 1 atom stereocenters. The number of methoxy groups -OCH3 is 1. The van der Waals surface area contributed by atoms with E-state index in [0.717, 1.165) is 37.3 Å². The number of ether oxygens (including phenoxy) is 1. The molecule has 4 nitrogen and oxygen atoms in total. The van der Waals surface area contributed by atoms with Crippen molar-refractivity contribution in [1.29, 1.82) is 0 Å². The Kier molecular flexibility index (Phi) is 6.22. The van der Waals surface area contributed by atoms with Crippen molar-refractivity contribution in [2.75, 3.05) is 33.3 Å². The van der Waals surface area contributed by atoms with Crippen molar-refractivity contribution in [3.63, 3.8) is 0 Å². The molecule has 0 aromatic heterocycles. The summed E-state index contributed by atoms with van der Waals surface area (Å²) in [4.78, 5) is 16.7. The lowest BCUT2D eigenvalue weighted by Gasteiger charge is -2.28. The smallest absolute Gasteiger partial charge is 0.237 e. The van der Waals surface area contributed by atoms with Crippen LogP contribution in [0.15, 0.2) is 36.4 Å². The summed E-state index contributed by atoms with van der Waals surface area (Å²) in [5, 5.41) is 0. The lowest BCUT2D eigenvalue weighted by atomic mass is 10.0. The Balaban J connectivity index is 2.03. The molecule has 1 amide bonds. The summed E-state index contributed by atoms with van der Waals surface area (Å²) in [5.74, 6) is 1.06. The summed E-state index contributed by atoms with van der Waals surface area (Å²) in [6.45, 7) is 10.7. The largest absolute Gasteiger partial charge is 0.497 e. The summed E-state index contributed by atoms with van der Waals surface area (Å²) in [7, 11) is 1.68. The van der Waals surface area contributed by atoms with Crippen LogP contribution < -0.4 is 4.74 Å². The van der Waals surface area contributed by atoms with E-state index in [4.69, 9.17) is 4.74 Å². The molecule has 0 N–H and O–H groups in total. The van der Waals surface area contributed by atoms with Gasteiger partial charge in [0.05, 0.1) is 13.7 Å². The maximum absolute atomic E-state index is 12.6. The highest BCUT2D eigenvalue weighted by Gasteiger charge is 2.28. The molecule has 0 spiro atoms. The van der Waals surface area contributed by atoms with E-state index in [2.05, 4.69) is 23.6 Å². The standard InChI is InChI=1S/C19H28N2O2/c1-5-20(13-15(2)3)19(22)14-21-12-6-7-18(21)16-8-10-17(23-4)11-9-16/h8-11,18H,2,5-7,12-14H2,1,3-4H3. The van der Waals surface area contributed by atoms with Crippen LogP contribution in [0.25, 0.3) is 0 Å². The van der Waals surface area contributed by atoms with Gasteiger partial charge in [0.15, 0.2) is 0 Å². The van der Waals surface area contributed by atoms with Crippen LogP contribution in [-0.4, -0.2) is 49.0 Å². The molecule has 0 saturated carbocycles. The van der Waals surface area contributed by atoms with Crippen LogP contribution in [0.5, 0.6) is 5.75 Å². The molecule has 0 radical (unpaired) electrons. The molecular weight excluding hydrogens is 288 g/mol. The Morgan fingerprint density at radius 2 is 2.09 bits per heavy atom. The number of rotatable bonds is 7. The van der Waals surface area contributed by atoms with Gasteiger partial charge < -0.3 is 9.64 Å². The number of nitrogens with zero attached hydrogens (tertiary/aromatic N) is 2. The monoisotopic (exact) mass is 316 g/mol. The van der Waals surface area contributed by atoms with Gasteiger partial charge in [-0.25, -0.2) is 0 Å². The van der Waals surface area contributed by atoms with E-state index in [1.54, 1.807) is 7.11 Å². The summed E-state index contributed by atoms with van der Waals surface area (Å²) in [6, 6.07) is 8.53. The highest BCUT2D eigenvalue weighted by Crippen LogP contribution is 2.32. The molecule has 1 aromatic rings. The molecule has 1 fully saturated rings. The molecule has 23 heavy (non-hydrogen) atoms. The lowest BCUT2D eigenvalue weighted by Crippen LogP contribution is -2.40. The third kappa shape index (κ3) is 4.58. The molecule has 2 rings (SSSR count). The van der Waals surface area contributed by atoms with Gasteiger partial charge in [0.2, 0.25) is 5.91 Å². The maximum atomic E-state index is 12.6. The molecule has 126 valence electrons. The second-order valence-electron chi connectivity index (χ2n) is 6.27. The van der Waals surface area contributed by atoms with Crippen LogP contribution in [0, 0.1) is 0 Å². The molecule has 1 aliphatic heterocycles. The van der Waals surface area contributed by atoms with Gasteiger partial charge in [-0.1, -0.05) is 24.3 Å². The van der Waals surface area contributed by atoms with E-state index in [1.807, 2.05) is 30.9 Å². The highest BCUT2D eigenvalue weighted by atomic mass is 16.5. The van der Waals surface area contributed by atoms with Crippen molar-refractivity contribution in [3.05, 3.63) is 42.0 Å². The zero-order chi connectivity index (χ0) is 16.8. The van der Waals surface area contributed by atoms with E-state index < -0.39 is 0 Å². The minimum Gasteiger partial charge on any atom is -0.497 e. The Hall–Kier alpha value is -1.81.